The Morgan fingerprint density at radius 2 is 0.875 bits per heavy atom. The molecule has 149 valence electrons. The molecule has 0 saturated carbocycles. The van der Waals surface area contributed by atoms with Gasteiger partial charge in [0.15, 0.2) is 0 Å². The molecule has 0 heteroatoms. The summed E-state index contributed by atoms with van der Waals surface area (Å²) in [4.78, 5) is 0. The van der Waals surface area contributed by atoms with Crippen LogP contribution < -0.4 is 0 Å². The van der Waals surface area contributed by atoms with E-state index in [1.54, 1.807) is 0 Å². The number of hydrogen-bond acceptors (Lipinski definition) is 0. The fourth-order valence-electron chi connectivity index (χ4n) is 5.69. The molecule has 0 unspecified atom stereocenters. The largest absolute Gasteiger partial charge is 0.0619 e. The normalized spacial score (nSPS) is 12.8. The predicted octanol–water partition coefficient (Wildman–Crippen LogP) is 7.96. The van der Waals surface area contributed by atoms with Gasteiger partial charge in [0.25, 0.3) is 0 Å². The Bertz CT molecular complexity index is 1400. The van der Waals surface area contributed by atoms with Crippen LogP contribution in [0.2, 0.25) is 0 Å². The molecule has 0 fully saturated rings. The van der Waals surface area contributed by atoms with Crippen molar-refractivity contribution in [2.75, 3.05) is 0 Å². The van der Waals surface area contributed by atoms with Crippen molar-refractivity contribution in [2.24, 2.45) is 0 Å². The summed E-state index contributed by atoms with van der Waals surface area (Å²) in [7, 11) is 0. The Balaban J connectivity index is 1.43. The van der Waals surface area contributed by atoms with E-state index in [9.17, 15) is 0 Å². The molecule has 0 atom stereocenters. The van der Waals surface area contributed by atoms with Crippen molar-refractivity contribution < 1.29 is 0 Å². The molecule has 0 nitrogen and oxygen atoms in total. The van der Waals surface area contributed by atoms with Crippen LogP contribution in [0.5, 0.6) is 0 Å². The maximum Gasteiger partial charge on any atom is -0.000728 e. The van der Waals surface area contributed by atoms with Gasteiger partial charge in [-0.2, -0.15) is 0 Å². The lowest BCUT2D eigenvalue weighted by Gasteiger charge is -2.16. The van der Waals surface area contributed by atoms with Gasteiger partial charge in [-0.3, -0.25) is 0 Å². The summed E-state index contributed by atoms with van der Waals surface area (Å²) in [6, 6.07) is 41.2. The van der Waals surface area contributed by atoms with Gasteiger partial charge in [0.05, 0.1) is 0 Å². The maximum atomic E-state index is 3.62. The van der Waals surface area contributed by atoms with Crippen LogP contribution >= 0.6 is 0 Å². The predicted molar refractivity (Wildman–Crippen MR) is 133 cm³/mol. The first-order chi connectivity index (χ1) is 15.9. The van der Waals surface area contributed by atoms with E-state index in [1.807, 2.05) is 0 Å². The Kier molecular flexibility index (Phi) is 3.77. The Morgan fingerprint density at radius 3 is 1.53 bits per heavy atom. The van der Waals surface area contributed by atoms with E-state index >= 15 is 0 Å². The van der Waals surface area contributed by atoms with E-state index in [0.29, 0.717) is 0 Å². The van der Waals surface area contributed by atoms with Gasteiger partial charge in [-0.15, -0.1) is 0 Å². The lowest BCUT2D eigenvalue weighted by Crippen LogP contribution is -1.94. The van der Waals surface area contributed by atoms with Crippen LogP contribution in [-0.2, 0) is 12.8 Å². The third kappa shape index (κ3) is 2.50. The molecule has 0 aliphatic heterocycles. The van der Waals surface area contributed by atoms with Gasteiger partial charge in [0, 0.05) is 0 Å². The minimum Gasteiger partial charge on any atom is -0.0619 e. The van der Waals surface area contributed by atoms with Crippen LogP contribution in [0.25, 0.3) is 44.5 Å². The van der Waals surface area contributed by atoms with Crippen molar-refractivity contribution in [3.8, 4) is 44.5 Å². The van der Waals surface area contributed by atoms with Crippen LogP contribution in [0.3, 0.4) is 0 Å². The van der Waals surface area contributed by atoms with Crippen LogP contribution in [0, 0.1) is 6.07 Å². The molecule has 5 aromatic carbocycles. The van der Waals surface area contributed by atoms with E-state index < -0.39 is 0 Å². The zero-order chi connectivity index (χ0) is 21.1. The highest BCUT2D eigenvalue weighted by Crippen LogP contribution is 2.46. The van der Waals surface area contributed by atoms with Gasteiger partial charge >= 0.3 is 0 Å². The molecular weight excluding hydrogens is 384 g/mol. The average Bonchev–Trinajstić information content (AvgIpc) is 3.42. The number of rotatable bonds is 2. The number of fused-ring (bicyclic) bond motifs is 6. The van der Waals surface area contributed by atoms with E-state index in [-0.39, 0.29) is 0 Å². The van der Waals surface area contributed by atoms with Gasteiger partial charge in [-0.25, -0.2) is 0 Å². The first kappa shape index (κ1) is 17.7. The number of benzene rings is 5. The molecule has 0 saturated heterocycles. The molecule has 2 aliphatic rings. The van der Waals surface area contributed by atoms with Crippen molar-refractivity contribution in [1.29, 1.82) is 0 Å². The van der Waals surface area contributed by atoms with Crippen LogP contribution in [0.15, 0.2) is 103 Å². The Labute approximate surface area is 188 Å². The first-order valence-electron chi connectivity index (χ1n) is 11.3. The summed E-state index contributed by atoms with van der Waals surface area (Å²) in [5.74, 6) is 0. The standard InChI is InChI=1S/C32H21/c1-3-11-23-21(9-1)19-31-25(23)15-7-17-29(31)27-13-5-6-14-28(27)30-18-8-16-26-24-12-4-2-10-22(24)20-32(26)30/h1-13,15-18H,19-20H2. The van der Waals surface area contributed by atoms with Gasteiger partial charge < -0.3 is 0 Å². The van der Waals surface area contributed by atoms with Crippen molar-refractivity contribution >= 4 is 0 Å². The van der Waals surface area contributed by atoms with E-state index in [2.05, 4.69) is 109 Å². The van der Waals surface area contributed by atoms with Crippen molar-refractivity contribution in [1.82, 2.24) is 0 Å². The summed E-state index contributed by atoms with van der Waals surface area (Å²) >= 11 is 0. The molecule has 0 N–H and O–H groups in total. The lowest BCUT2D eigenvalue weighted by atomic mass is 9.87. The third-order valence-corrected chi connectivity index (χ3v) is 7.12. The van der Waals surface area contributed by atoms with Gasteiger partial charge in [-0.05, 0) is 85.7 Å². The summed E-state index contributed by atoms with van der Waals surface area (Å²) < 4.78 is 0. The Morgan fingerprint density at radius 1 is 0.406 bits per heavy atom. The van der Waals surface area contributed by atoms with Crippen molar-refractivity contribution in [2.45, 2.75) is 12.8 Å². The van der Waals surface area contributed by atoms with E-state index in [0.717, 1.165) is 12.8 Å². The second-order valence-electron chi connectivity index (χ2n) is 8.79. The molecule has 1 radical (unpaired) electrons. The topological polar surface area (TPSA) is 0 Å². The quantitative estimate of drug-likeness (QED) is 0.274. The smallest absolute Gasteiger partial charge is 0.000728 e. The highest BCUT2D eigenvalue weighted by Gasteiger charge is 2.25. The van der Waals surface area contributed by atoms with Gasteiger partial charge in [0.2, 0.25) is 0 Å². The van der Waals surface area contributed by atoms with Crippen molar-refractivity contribution in [3.05, 3.63) is 131 Å². The molecule has 0 spiro atoms. The molecule has 0 aromatic heterocycles. The van der Waals surface area contributed by atoms with Gasteiger partial charge in [0.1, 0.15) is 0 Å². The minimum atomic E-state index is 0.988. The van der Waals surface area contributed by atoms with E-state index in [4.69, 9.17) is 0 Å². The second-order valence-corrected chi connectivity index (χ2v) is 8.79. The monoisotopic (exact) mass is 405 g/mol. The molecule has 2 aliphatic carbocycles. The molecule has 32 heavy (non-hydrogen) atoms. The summed E-state index contributed by atoms with van der Waals surface area (Å²) in [5.41, 5.74) is 16.3. The maximum absolute atomic E-state index is 3.62. The lowest BCUT2D eigenvalue weighted by molar-refractivity contribution is 1.26. The van der Waals surface area contributed by atoms with Crippen LogP contribution in [-0.4, -0.2) is 0 Å². The molecule has 5 aromatic rings. The fraction of sp³-hybridized carbons (Fsp3) is 0.0625. The average molecular weight is 406 g/mol. The first-order valence-corrected chi connectivity index (χ1v) is 11.3. The summed E-state index contributed by atoms with van der Waals surface area (Å²) in [6.07, 6.45) is 1.98. The fourth-order valence-corrected chi connectivity index (χ4v) is 5.69. The Hall–Kier alpha value is -3.90. The van der Waals surface area contributed by atoms with Gasteiger partial charge in [-0.1, -0.05) is 103 Å². The van der Waals surface area contributed by atoms with E-state index in [1.165, 1.54) is 66.8 Å². The molecule has 0 amide bonds. The number of hydrogen-bond donors (Lipinski definition) is 0. The molecular formula is C32H21. The summed E-state index contributed by atoms with van der Waals surface area (Å²) in [6.45, 7) is 0. The van der Waals surface area contributed by atoms with Crippen LogP contribution in [0.1, 0.15) is 22.3 Å². The third-order valence-electron chi connectivity index (χ3n) is 7.12. The SMILES string of the molecule is [c]1cccc(-c2cccc3c2Cc2ccccc2-3)c1-c1cccc2c1Cc1ccccc1-2. The minimum absolute atomic E-state index is 0.988. The highest BCUT2D eigenvalue weighted by molar-refractivity contribution is 5.93. The summed E-state index contributed by atoms with van der Waals surface area (Å²) in [5, 5.41) is 0. The zero-order valence-electron chi connectivity index (χ0n) is 17.7. The molecule has 0 bridgehead atoms. The van der Waals surface area contributed by atoms with Crippen LogP contribution in [0.4, 0.5) is 0 Å². The zero-order valence-corrected chi connectivity index (χ0v) is 17.7. The molecule has 0 heterocycles. The van der Waals surface area contributed by atoms with Crippen molar-refractivity contribution in [3.63, 3.8) is 0 Å². The second kappa shape index (κ2) is 6.80. The molecule has 7 rings (SSSR count). The highest BCUT2D eigenvalue weighted by atomic mass is 14.3.